The zero-order chi connectivity index (χ0) is 14.8. The third-order valence-electron chi connectivity index (χ3n) is 4.03. The second-order valence-corrected chi connectivity index (χ2v) is 7.38. The lowest BCUT2D eigenvalue weighted by molar-refractivity contribution is 0.263. The molecule has 112 valence electrons. The van der Waals surface area contributed by atoms with Crippen LogP contribution in [0.5, 0.6) is 0 Å². The zero-order valence-electron chi connectivity index (χ0n) is 12.9. The zero-order valence-corrected chi connectivity index (χ0v) is 14.5. The van der Waals surface area contributed by atoms with Crippen molar-refractivity contribution in [3.63, 3.8) is 0 Å². The topological polar surface area (TPSA) is 41.1 Å². The third-order valence-corrected chi connectivity index (χ3v) is 4.76. The lowest BCUT2D eigenvalue weighted by Gasteiger charge is -2.27. The molecule has 1 aliphatic heterocycles. The molecule has 0 saturated carbocycles. The van der Waals surface area contributed by atoms with Crippen molar-refractivity contribution in [3.05, 3.63) is 10.8 Å². The van der Waals surface area contributed by atoms with Crippen LogP contribution in [0.2, 0.25) is 0 Å². The second-order valence-electron chi connectivity index (χ2n) is 6.58. The Hall–Kier alpha value is -0.840. The van der Waals surface area contributed by atoms with E-state index in [4.69, 9.17) is 0 Å². The first-order valence-electron chi connectivity index (χ1n) is 7.42. The van der Waals surface area contributed by atoms with Crippen molar-refractivity contribution in [2.75, 3.05) is 29.9 Å². The fourth-order valence-electron chi connectivity index (χ4n) is 2.61. The molecule has 5 heteroatoms. The average molecular weight is 341 g/mol. The molecule has 4 nitrogen and oxygen atoms in total. The molecule has 0 aliphatic carbocycles. The van der Waals surface area contributed by atoms with Gasteiger partial charge in [0.15, 0.2) is 0 Å². The van der Waals surface area contributed by atoms with Crippen molar-refractivity contribution in [3.8, 4) is 0 Å². The Morgan fingerprint density at radius 2 is 2.15 bits per heavy atom. The fourth-order valence-corrected chi connectivity index (χ4v) is 3.20. The maximum Gasteiger partial charge on any atom is 0.148 e. The van der Waals surface area contributed by atoms with E-state index in [-0.39, 0.29) is 0 Å². The van der Waals surface area contributed by atoms with Crippen LogP contribution >= 0.6 is 15.9 Å². The van der Waals surface area contributed by atoms with E-state index in [9.17, 15) is 0 Å². The van der Waals surface area contributed by atoms with Gasteiger partial charge in [-0.1, -0.05) is 27.7 Å². The van der Waals surface area contributed by atoms with Crippen LogP contribution in [0.4, 0.5) is 11.6 Å². The lowest BCUT2D eigenvalue weighted by Crippen LogP contribution is -2.26. The summed E-state index contributed by atoms with van der Waals surface area (Å²) in [6.45, 7) is 12.2. The van der Waals surface area contributed by atoms with Crippen molar-refractivity contribution < 1.29 is 0 Å². The molecule has 1 aromatic rings. The highest BCUT2D eigenvalue weighted by Gasteiger charge is 2.33. The summed E-state index contributed by atoms with van der Waals surface area (Å²) in [5, 5.41) is 3.34. The molecule has 1 unspecified atom stereocenters. The number of hydrogen-bond donors (Lipinski definition) is 1. The summed E-state index contributed by atoms with van der Waals surface area (Å²) in [4.78, 5) is 11.2. The van der Waals surface area contributed by atoms with Crippen molar-refractivity contribution in [2.45, 2.75) is 40.5 Å². The third kappa shape index (κ3) is 3.43. The highest BCUT2D eigenvalue weighted by Crippen LogP contribution is 2.38. The van der Waals surface area contributed by atoms with Gasteiger partial charge in [0.05, 0.1) is 0 Å². The Labute approximate surface area is 130 Å². The number of nitrogens with one attached hydrogen (secondary N) is 1. The number of halogens is 1. The molecular formula is C15H25BrN4. The Balaban J connectivity index is 2.14. The maximum atomic E-state index is 4.47. The van der Waals surface area contributed by atoms with Crippen molar-refractivity contribution in [1.29, 1.82) is 0 Å². The summed E-state index contributed by atoms with van der Waals surface area (Å²) in [6.07, 6.45) is 3.97. The van der Waals surface area contributed by atoms with E-state index >= 15 is 0 Å². The van der Waals surface area contributed by atoms with Gasteiger partial charge in [0.2, 0.25) is 0 Å². The van der Waals surface area contributed by atoms with E-state index in [2.05, 4.69) is 63.8 Å². The Morgan fingerprint density at radius 1 is 1.40 bits per heavy atom. The van der Waals surface area contributed by atoms with E-state index in [0.717, 1.165) is 48.1 Å². The minimum atomic E-state index is 0.359. The molecule has 2 rings (SSSR count). The van der Waals surface area contributed by atoms with Crippen LogP contribution in [-0.2, 0) is 0 Å². The largest absolute Gasteiger partial charge is 0.369 e. The minimum Gasteiger partial charge on any atom is -0.369 e. The van der Waals surface area contributed by atoms with Crippen molar-refractivity contribution >= 4 is 27.6 Å². The van der Waals surface area contributed by atoms with Crippen molar-refractivity contribution in [2.24, 2.45) is 11.3 Å². The van der Waals surface area contributed by atoms with Gasteiger partial charge in [0.25, 0.3) is 0 Å². The Kier molecular flexibility index (Phi) is 4.89. The molecule has 1 fully saturated rings. The van der Waals surface area contributed by atoms with Gasteiger partial charge in [-0.15, -0.1) is 0 Å². The fraction of sp³-hybridized carbons (Fsp3) is 0.733. The standard InChI is InChI=1S/C15H25BrN4/c1-5-7-17-13-12(16)14(19-10-18-13)20-8-6-11(9-20)15(2,3)4/h10-11H,5-9H2,1-4H3,(H,17,18,19). The molecule has 0 radical (unpaired) electrons. The molecule has 0 bridgehead atoms. The van der Waals surface area contributed by atoms with E-state index in [0.29, 0.717) is 5.41 Å². The predicted octanol–water partition coefficient (Wildman–Crippen LogP) is 3.93. The summed E-state index contributed by atoms with van der Waals surface area (Å²) < 4.78 is 0.989. The van der Waals surface area contributed by atoms with Gasteiger partial charge in [-0.3, -0.25) is 0 Å². The van der Waals surface area contributed by atoms with Crippen LogP contribution in [0.25, 0.3) is 0 Å². The lowest BCUT2D eigenvalue weighted by atomic mass is 9.80. The van der Waals surface area contributed by atoms with Gasteiger partial charge < -0.3 is 10.2 Å². The number of anilines is 2. The molecule has 1 saturated heterocycles. The van der Waals surface area contributed by atoms with E-state index in [1.807, 2.05) is 0 Å². The highest BCUT2D eigenvalue weighted by molar-refractivity contribution is 9.10. The van der Waals surface area contributed by atoms with Crippen LogP contribution in [0.3, 0.4) is 0 Å². The predicted molar refractivity (Wildman–Crippen MR) is 88.3 cm³/mol. The maximum absolute atomic E-state index is 4.47. The number of nitrogens with zero attached hydrogens (tertiary/aromatic N) is 3. The number of rotatable bonds is 4. The quantitative estimate of drug-likeness (QED) is 0.901. The van der Waals surface area contributed by atoms with Crippen molar-refractivity contribution in [1.82, 2.24) is 9.97 Å². The van der Waals surface area contributed by atoms with Crippen LogP contribution in [0, 0.1) is 11.3 Å². The van der Waals surface area contributed by atoms with Crippen LogP contribution in [0.1, 0.15) is 40.5 Å². The molecule has 2 heterocycles. The summed E-state index contributed by atoms with van der Waals surface area (Å²) in [7, 11) is 0. The minimum absolute atomic E-state index is 0.359. The van der Waals surface area contributed by atoms with Gasteiger partial charge in [-0.05, 0) is 40.1 Å². The Morgan fingerprint density at radius 3 is 2.75 bits per heavy atom. The molecule has 1 aliphatic rings. The monoisotopic (exact) mass is 340 g/mol. The first-order chi connectivity index (χ1) is 9.43. The number of aromatic nitrogens is 2. The van der Waals surface area contributed by atoms with Crippen LogP contribution < -0.4 is 10.2 Å². The molecule has 0 amide bonds. The summed E-state index contributed by atoms with van der Waals surface area (Å²) in [5.74, 6) is 2.64. The molecule has 1 N–H and O–H groups in total. The van der Waals surface area contributed by atoms with Gasteiger partial charge in [0, 0.05) is 19.6 Å². The average Bonchev–Trinajstić information content (AvgIpc) is 2.87. The smallest absolute Gasteiger partial charge is 0.148 e. The summed E-state index contributed by atoms with van der Waals surface area (Å²) in [6, 6.07) is 0. The first-order valence-corrected chi connectivity index (χ1v) is 8.22. The molecule has 1 atom stereocenters. The van der Waals surface area contributed by atoms with E-state index in [1.165, 1.54) is 6.42 Å². The SMILES string of the molecule is CCCNc1ncnc(N2CCC(C(C)(C)C)C2)c1Br. The van der Waals surface area contributed by atoms with E-state index < -0.39 is 0 Å². The Bertz CT molecular complexity index is 456. The second kappa shape index (κ2) is 6.29. The van der Waals surface area contributed by atoms with Gasteiger partial charge in [-0.2, -0.15) is 0 Å². The first kappa shape index (κ1) is 15.5. The molecular weight excluding hydrogens is 316 g/mol. The van der Waals surface area contributed by atoms with Crippen LogP contribution in [-0.4, -0.2) is 29.6 Å². The molecule has 20 heavy (non-hydrogen) atoms. The van der Waals surface area contributed by atoms with Gasteiger partial charge in [0.1, 0.15) is 22.4 Å². The normalized spacial score (nSPS) is 19.4. The summed E-state index contributed by atoms with van der Waals surface area (Å²) >= 11 is 3.66. The van der Waals surface area contributed by atoms with E-state index in [1.54, 1.807) is 6.33 Å². The van der Waals surface area contributed by atoms with Gasteiger partial charge >= 0.3 is 0 Å². The number of hydrogen-bond acceptors (Lipinski definition) is 4. The molecule has 0 aromatic carbocycles. The molecule has 0 spiro atoms. The molecule has 1 aromatic heterocycles. The highest BCUT2D eigenvalue weighted by atomic mass is 79.9. The van der Waals surface area contributed by atoms with Gasteiger partial charge in [-0.25, -0.2) is 9.97 Å². The van der Waals surface area contributed by atoms with Crippen LogP contribution in [0.15, 0.2) is 10.8 Å². The summed E-state index contributed by atoms with van der Waals surface area (Å²) in [5.41, 5.74) is 0.359.